The van der Waals surface area contributed by atoms with E-state index >= 15 is 0 Å². The Hall–Kier alpha value is -4.11. The van der Waals surface area contributed by atoms with Gasteiger partial charge in [-0.05, 0) is 42.8 Å². The lowest BCUT2D eigenvalue weighted by Crippen LogP contribution is -2.36. The highest BCUT2D eigenvalue weighted by Gasteiger charge is 2.47. The molecule has 0 bridgehead atoms. The number of fused-ring (bicyclic) bond motifs is 3. The zero-order valence-corrected chi connectivity index (χ0v) is 22.0. The molecule has 0 aromatic heterocycles. The summed E-state index contributed by atoms with van der Waals surface area (Å²) in [6.45, 7) is 0.830. The third-order valence-corrected chi connectivity index (χ3v) is 7.59. The normalized spacial score (nSPS) is 19.4. The predicted molar refractivity (Wildman–Crippen MR) is 138 cm³/mol. The summed E-state index contributed by atoms with van der Waals surface area (Å²) in [4.78, 5) is 15.4. The van der Waals surface area contributed by atoms with Gasteiger partial charge in [-0.1, -0.05) is 18.2 Å². The van der Waals surface area contributed by atoms with Crippen LogP contribution in [-0.4, -0.2) is 59.7 Å². The van der Waals surface area contributed by atoms with Crippen molar-refractivity contribution in [3.8, 4) is 45.6 Å². The maximum absolute atomic E-state index is 13.2. The Morgan fingerprint density at radius 1 is 0.842 bits per heavy atom. The maximum atomic E-state index is 13.2. The van der Waals surface area contributed by atoms with E-state index in [9.17, 15) is 4.79 Å². The van der Waals surface area contributed by atoms with Gasteiger partial charge in [-0.2, -0.15) is 0 Å². The number of ether oxygens (including phenoxy) is 7. The van der Waals surface area contributed by atoms with Gasteiger partial charge in [0.1, 0.15) is 17.4 Å². The molecule has 0 radical (unpaired) electrons. The Kier molecular flexibility index (Phi) is 5.95. The quantitative estimate of drug-likeness (QED) is 0.435. The number of hydrogen-bond donors (Lipinski definition) is 0. The van der Waals surface area contributed by atoms with E-state index in [1.807, 2.05) is 37.4 Å². The summed E-state index contributed by atoms with van der Waals surface area (Å²) in [5, 5.41) is 0. The van der Waals surface area contributed by atoms with Gasteiger partial charge in [0, 0.05) is 23.2 Å². The van der Waals surface area contributed by atoms with Crippen molar-refractivity contribution in [1.82, 2.24) is 4.90 Å². The van der Waals surface area contributed by atoms with Crippen LogP contribution in [0.25, 0.3) is 11.1 Å². The van der Waals surface area contributed by atoms with Gasteiger partial charge >= 0.3 is 5.97 Å². The second-order valence-corrected chi connectivity index (χ2v) is 9.36. The van der Waals surface area contributed by atoms with Crippen LogP contribution in [0.5, 0.6) is 34.5 Å². The van der Waals surface area contributed by atoms with Crippen LogP contribution >= 0.6 is 0 Å². The fourth-order valence-electron chi connectivity index (χ4n) is 5.89. The predicted octanol–water partition coefficient (Wildman–Crippen LogP) is 4.56. The van der Waals surface area contributed by atoms with Crippen LogP contribution in [0.15, 0.2) is 36.4 Å². The van der Waals surface area contributed by atoms with E-state index in [1.165, 1.54) is 7.11 Å². The van der Waals surface area contributed by atoms with E-state index < -0.39 is 12.1 Å². The van der Waals surface area contributed by atoms with Gasteiger partial charge in [0.2, 0.25) is 12.5 Å². The van der Waals surface area contributed by atoms with Crippen molar-refractivity contribution in [2.75, 3.05) is 48.8 Å². The van der Waals surface area contributed by atoms with Crippen LogP contribution in [0, 0.1) is 0 Å². The number of nitrogens with zero attached hydrogens (tertiary/aromatic N) is 1. The summed E-state index contributed by atoms with van der Waals surface area (Å²) in [6, 6.07) is 11.2. The third kappa shape index (κ3) is 3.45. The Balaban J connectivity index is 1.58. The molecule has 0 saturated carbocycles. The first-order valence-corrected chi connectivity index (χ1v) is 12.3. The SMILES string of the molecule is COc1ccc(-c2c3c(c(OC)c4c2OCO4)[C@H]([C@H]2OC(=O)c4c2ccc(OC)c4OC)N(C)CC3)cc1. The molecular weight excluding hydrogens is 490 g/mol. The Morgan fingerprint density at radius 3 is 2.26 bits per heavy atom. The van der Waals surface area contributed by atoms with Crippen LogP contribution in [0.3, 0.4) is 0 Å². The molecule has 0 amide bonds. The minimum atomic E-state index is -0.598. The van der Waals surface area contributed by atoms with E-state index in [0.29, 0.717) is 34.3 Å². The molecule has 0 spiro atoms. The standard InChI is InChI=1S/C29H29NO8/c1-30-13-12-17-20(15-6-8-16(32-2)9-7-15)27-28(37-14-36-27)26(35-5)21(17)23(30)24-18-10-11-19(33-3)25(34-4)22(18)29(31)38-24/h6-11,23-24H,12-14H2,1-5H3/t23-,24+/m1/s1. The number of esters is 1. The van der Waals surface area contributed by atoms with E-state index in [-0.39, 0.29) is 12.8 Å². The lowest BCUT2D eigenvalue weighted by atomic mass is 9.81. The molecule has 38 heavy (non-hydrogen) atoms. The molecule has 198 valence electrons. The molecule has 0 saturated heterocycles. The van der Waals surface area contributed by atoms with E-state index in [1.54, 1.807) is 27.4 Å². The first-order chi connectivity index (χ1) is 18.5. The summed E-state index contributed by atoms with van der Waals surface area (Å²) in [7, 11) is 8.35. The smallest absolute Gasteiger partial charge is 0.343 e. The molecule has 3 aromatic rings. The number of hydrogen-bond acceptors (Lipinski definition) is 9. The van der Waals surface area contributed by atoms with Gasteiger partial charge in [-0.25, -0.2) is 4.79 Å². The van der Waals surface area contributed by atoms with Crippen molar-refractivity contribution in [2.24, 2.45) is 0 Å². The van der Waals surface area contributed by atoms with Gasteiger partial charge in [-0.15, -0.1) is 0 Å². The number of carbonyl (C=O) groups is 1. The monoisotopic (exact) mass is 519 g/mol. The molecule has 0 unspecified atom stereocenters. The number of benzene rings is 3. The number of rotatable bonds is 6. The van der Waals surface area contributed by atoms with Gasteiger partial charge in [0.25, 0.3) is 0 Å². The average molecular weight is 520 g/mol. The van der Waals surface area contributed by atoms with Crippen LogP contribution in [0.2, 0.25) is 0 Å². The van der Waals surface area contributed by atoms with Crippen LogP contribution in [0.1, 0.15) is 39.2 Å². The first-order valence-electron chi connectivity index (χ1n) is 12.3. The molecule has 9 heteroatoms. The average Bonchev–Trinajstić information content (AvgIpc) is 3.56. The fraction of sp³-hybridized carbons (Fsp3) is 0.345. The Labute approximate surface area is 220 Å². The Bertz CT molecular complexity index is 1420. The van der Waals surface area contributed by atoms with Gasteiger partial charge in [0.15, 0.2) is 23.0 Å². The largest absolute Gasteiger partial charge is 0.497 e. The van der Waals surface area contributed by atoms with E-state index in [0.717, 1.165) is 46.5 Å². The molecule has 2 atom stereocenters. The molecule has 3 aliphatic heterocycles. The number of likely N-dealkylation sites (N-methyl/N-ethyl adjacent to an activating group) is 1. The molecule has 3 aromatic carbocycles. The van der Waals surface area contributed by atoms with Crippen LogP contribution < -0.4 is 28.4 Å². The minimum Gasteiger partial charge on any atom is -0.497 e. The van der Waals surface area contributed by atoms with Crippen molar-refractivity contribution in [1.29, 1.82) is 0 Å². The molecule has 9 nitrogen and oxygen atoms in total. The third-order valence-electron chi connectivity index (χ3n) is 7.59. The molecule has 3 aliphatic rings. The lowest BCUT2D eigenvalue weighted by Gasteiger charge is -2.39. The Morgan fingerprint density at radius 2 is 1.58 bits per heavy atom. The zero-order valence-electron chi connectivity index (χ0n) is 22.0. The van der Waals surface area contributed by atoms with Crippen LogP contribution in [0.4, 0.5) is 0 Å². The van der Waals surface area contributed by atoms with Gasteiger partial charge in [-0.3, -0.25) is 4.90 Å². The summed E-state index contributed by atoms with van der Waals surface area (Å²) in [6.07, 6.45) is 0.148. The summed E-state index contributed by atoms with van der Waals surface area (Å²) >= 11 is 0. The first kappa shape index (κ1) is 24.2. The molecule has 6 rings (SSSR count). The topological polar surface area (TPSA) is 84.9 Å². The number of cyclic esters (lactones) is 1. The van der Waals surface area contributed by atoms with Crippen LogP contribution in [-0.2, 0) is 11.2 Å². The second kappa shape index (κ2) is 9.33. The maximum Gasteiger partial charge on any atom is 0.343 e. The lowest BCUT2D eigenvalue weighted by molar-refractivity contribution is 0.00877. The van der Waals surface area contributed by atoms with Crippen molar-refractivity contribution in [3.05, 3.63) is 58.7 Å². The van der Waals surface area contributed by atoms with Crippen molar-refractivity contribution in [2.45, 2.75) is 18.6 Å². The fourth-order valence-corrected chi connectivity index (χ4v) is 5.89. The van der Waals surface area contributed by atoms with Crippen molar-refractivity contribution >= 4 is 5.97 Å². The van der Waals surface area contributed by atoms with E-state index in [4.69, 9.17) is 33.2 Å². The summed E-state index contributed by atoms with van der Waals surface area (Å²) < 4.78 is 40.4. The highest BCUT2D eigenvalue weighted by atomic mass is 16.7. The molecule has 3 heterocycles. The number of methoxy groups -OCH3 is 4. The van der Waals surface area contributed by atoms with Crippen molar-refractivity contribution in [3.63, 3.8) is 0 Å². The summed E-state index contributed by atoms with van der Waals surface area (Å²) in [5.41, 5.74) is 5.03. The highest BCUT2D eigenvalue weighted by molar-refractivity contribution is 5.98. The van der Waals surface area contributed by atoms with Gasteiger partial charge < -0.3 is 33.2 Å². The summed E-state index contributed by atoms with van der Waals surface area (Å²) in [5.74, 6) is 2.96. The van der Waals surface area contributed by atoms with Crippen molar-refractivity contribution < 1.29 is 38.0 Å². The zero-order chi connectivity index (χ0) is 26.6. The molecule has 0 fully saturated rings. The molecular formula is C29H29NO8. The van der Waals surface area contributed by atoms with Gasteiger partial charge in [0.05, 0.1) is 34.5 Å². The van der Waals surface area contributed by atoms with E-state index in [2.05, 4.69) is 4.90 Å². The minimum absolute atomic E-state index is 0.0937. The number of carbonyl (C=O) groups excluding carboxylic acids is 1. The second-order valence-electron chi connectivity index (χ2n) is 9.36. The molecule has 0 N–H and O–H groups in total. The molecule has 0 aliphatic carbocycles. The highest BCUT2D eigenvalue weighted by Crippen LogP contribution is 2.58.